The van der Waals surface area contributed by atoms with Crippen molar-refractivity contribution in [3.05, 3.63) is 53.7 Å². The Morgan fingerprint density at radius 2 is 1.87 bits per heavy atom. The quantitative estimate of drug-likeness (QED) is 0.501. The lowest BCUT2D eigenvalue weighted by Gasteiger charge is -2.10. The lowest BCUT2D eigenvalue weighted by atomic mass is 10.1. The number of rotatable bonds is 6. The van der Waals surface area contributed by atoms with Crippen molar-refractivity contribution < 1.29 is 13.5 Å². The van der Waals surface area contributed by atoms with Gasteiger partial charge in [0.05, 0.1) is 18.5 Å². The van der Waals surface area contributed by atoms with Crippen LogP contribution in [0.1, 0.15) is 23.4 Å². The number of aromatic nitrogens is 7. The number of ether oxygens (including phenoxy) is 1. The third-order valence-electron chi connectivity index (χ3n) is 4.70. The second-order valence-corrected chi connectivity index (χ2v) is 6.84. The minimum atomic E-state index is -2.67. The third kappa shape index (κ3) is 3.93. The van der Waals surface area contributed by atoms with E-state index in [1.54, 1.807) is 44.1 Å². The second-order valence-electron chi connectivity index (χ2n) is 6.84. The summed E-state index contributed by atoms with van der Waals surface area (Å²) in [4.78, 5) is 12.5. The predicted octanol–water partition coefficient (Wildman–Crippen LogP) is 3.76. The number of methoxy groups -OCH3 is 1. The molecule has 1 N–H and O–H groups in total. The van der Waals surface area contributed by atoms with Gasteiger partial charge in [0.1, 0.15) is 23.7 Å². The van der Waals surface area contributed by atoms with E-state index in [1.165, 1.54) is 12.4 Å². The first kappa shape index (κ1) is 20.4. The number of halogens is 2. The fraction of sp³-hybridized carbons (Fsp3) is 0.250. The molecule has 160 valence electrons. The number of pyridine rings is 1. The molecular weight excluding hydrogens is 406 g/mol. The molecule has 9 nitrogen and oxygen atoms in total. The second kappa shape index (κ2) is 8.09. The monoisotopic (exact) mass is 426 g/mol. The maximum Gasteiger partial charge on any atom is 0.280 e. The van der Waals surface area contributed by atoms with E-state index >= 15 is 0 Å². The summed E-state index contributed by atoms with van der Waals surface area (Å²) in [5.74, 6) is 1.87. The van der Waals surface area contributed by atoms with Crippen LogP contribution >= 0.6 is 0 Å². The summed E-state index contributed by atoms with van der Waals surface area (Å²) in [6.07, 6.45) is 0.309. The first-order chi connectivity index (χ1) is 14.9. The molecule has 0 bridgehead atoms. The molecule has 4 heterocycles. The molecule has 0 aliphatic rings. The Morgan fingerprint density at radius 1 is 1.06 bits per heavy atom. The molecule has 31 heavy (non-hydrogen) atoms. The van der Waals surface area contributed by atoms with E-state index < -0.39 is 6.43 Å². The molecule has 4 rings (SSSR count). The van der Waals surface area contributed by atoms with Crippen LogP contribution in [0.4, 0.5) is 20.4 Å². The first-order valence-electron chi connectivity index (χ1n) is 9.35. The van der Waals surface area contributed by atoms with Crippen LogP contribution in [0.25, 0.3) is 17.1 Å². The Labute approximate surface area is 176 Å². The normalized spacial score (nSPS) is 11.2. The van der Waals surface area contributed by atoms with Crippen molar-refractivity contribution in [3.8, 4) is 23.0 Å². The smallest absolute Gasteiger partial charge is 0.280 e. The Hall–Kier alpha value is -3.89. The van der Waals surface area contributed by atoms with Crippen molar-refractivity contribution in [1.29, 1.82) is 0 Å². The van der Waals surface area contributed by atoms with Crippen LogP contribution in [0.2, 0.25) is 0 Å². The average molecular weight is 426 g/mol. The molecular formula is C20H20F2N8O. The maximum atomic E-state index is 13.3. The van der Waals surface area contributed by atoms with Gasteiger partial charge in [0.2, 0.25) is 5.88 Å². The van der Waals surface area contributed by atoms with Gasteiger partial charge in [0, 0.05) is 36.5 Å². The minimum absolute atomic E-state index is 0.229. The van der Waals surface area contributed by atoms with Crippen molar-refractivity contribution in [2.45, 2.75) is 20.3 Å². The van der Waals surface area contributed by atoms with Crippen LogP contribution in [-0.2, 0) is 7.05 Å². The molecule has 0 saturated heterocycles. The highest BCUT2D eigenvalue weighted by atomic mass is 19.3. The van der Waals surface area contributed by atoms with Crippen molar-refractivity contribution >= 4 is 11.6 Å². The Kier molecular flexibility index (Phi) is 5.32. The van der Waals surface area contributed by atoms with Gasteiger partial charge < -0.3 is 10.1 Å². The van der Waals surface area contributed by atoms with Gasteiger partial charge >= 0.3 is 0 Å². The van der Waals surface area contributed by atoms with Gasteiger partial charge in [-0.2, -0.15) is 10.2 Å². The summed E-state index contributed by atoms with van der Waals surface area (Å²) in [5.41, 5.74) is 2.70. The topological polar surface area (TPSA) is 95.6 Å². The van der Waals surface area contributed by atoms with Crippen LogP contribution in [0.3, 0.4) is 0 Å². The van der Waals surface area contributed by atoms with Gasteiger partial charge in [-0.3, -0.25) is 4.68 Å². The SMILES string of the molecule is COc1ccc(-c2nn(C)c(Nc3cc(-n4nc(C)cc4C(F)F)ncn3)c2C)cn1. The van der Waals surface area contributed by atoms with E-state index in [4.69, 9.17) is 4.74 Å². The highest BCUT2D eigenvalue weighted by Crippen LogP contribution is 2.30. The summed E-state index contributed by atoms with van der Waals surface area (Å²) >= 11 is 0. The van der Waals surface area contributed by atoms with Gasteiger partial charge in [-0.05, 0) is 26.0 Å². The minimum Gasteiger partial charge on any atom is -0.481 e. The van der Waals surface area contributed by atoms with Crippen LogP contribution in [0, 0.1) is 13.8 Å². The lowest BCUT2D eigenvalue weighted by Crippen LogP contribution is -2.07. The zero-order valence-electron chi connectivity index (χ0n) is 17.3. The highest BCUT2D eigenvalue weighted by Gasteiger charge is 2.19. The molecule has 11 heteroatoms. The van der Waals surface area contributed by atoms with Crippen molar-refractivity contribution in [1.82, 2.24) is 34.5 Å². The molecule has 0 aliphatic carbocycles. The summed E-state index contributed by atoms with van der Waals surface area (Å²) < 4.78 is 34.6. The van der Waals surface area contributed by atoms with Gasteiger partial charge in [0.15, 0.2) is 5.82 Å². The Bertz CT molecular complexity index is 1220. The zero-order chi connectivity index (χ0) is 22.1. The number of aryl methyl sites for hydroxylation is 2. The summed E-state index contributed by atoms with van der Waals surface area (Å²) in [6, 6.07) is 6.53. The Balaban J connectivity index is 1.66. The number of alkyl halides is 2. The van der Waals surface area contributed by atoms with Crippen molar-refractivity contribution in [2.24, 2.45) is 7.05 Å². The molecule has 4 aromatic rings. The van der Waals surface area contributed by atoms with Crippen molar-refractivity contribution in [3.63, 3.8) is 0 Å². The number of hydrogen-bond acceptors (Lipinski definition) is 7. The van der Waals surface area contributed by atoms with Crippen LogP contribution in [0.5, 0.6) is 5.88 Å². The standard InChI is InChI=1S/C20H20F2N8O/c1-11-7-14(19(21)22)30(27-11)16-8-15(24-10-25-16)26-20-12(2)18(28-29(20)3)13-5-6-17(31-4)23-9-13/h5-10,19H,1-4H3,(H,24,25,26). The molecule has 0 radical (unpaired) electrons. The third-order valence-corrected chi connectivity index (χ3v) is 4.70. The molecule has 0 spiro atoms. The van der Waals surface area contributed by atoms with E-state index in [1.807, 2.05) is 13.0 Å². The van der Waals surface area contributed by atoms with Gasteiger partial charge in [-0.25, -0.2) is 28.4 Å². The molecule has 0 unspecified atom stereocenters. The van der Waals surface area contributed by atoms with Crippen LogP contribution in [-0.4, -0.2) is 41.6 Å². The molecule has 0 aromatic carbocycles. The molecule has 0 saturated carbocycles. The number of anilines is 2. The average Bonchev–Trinajstić information content (AvgIpc) is 3.29. The molecule has 0 aliphatic heterocycles. The largest absolute Gasteiger partial charge is 0.481 e. The predicted molar refractivity (Wildman–Crippen MR) is 110 cm³/mol. The Morgan fingerprint density at radius 3 is 2.55 bits per heavy atom. The van der Waals surface area contributed by atoms with Gasteiger partial charge in [0.25, 0.3) is 6.43 Å². The van der Waals surface area contributed by atoms with E-state index in [0.29, 0.717) is 23.2 Å². The van der Waals surface area contributed by atoms with Crippen LogP contribution in [0.15, 0.2) is 36.8 Å². The first-order valence-corrected chi connectivity index (χ1v) is 9.35. The molecule has 4 aromatic heterocycles. The molecule has 0 atom stereocenters. The summed E-state index contributed by atoms with van der Waals surface area (Å²) in [6.45, 7) is 3.57. The molecule has 0 amide bonds. The van der Waals surface area contributed by atoms with Crippen molar-refractivity contribution in [2.75, 3.05) is 12.4 Å². The maximum absolute atomic E-state index is 13.3. The molecule has 0 fully saturated rings. The van der Waals surface area contributed by atoms with E-state index in [9.17, 15) is 8.78 Å². The van der Waals surface area contributed by atoms with Gasteiger partial charge in [-0.15, -0.1) is 0 Å². The van der Waals surface area contributed by atoms with E-state index in [-0.39, 0.29) is 11.5 Å². The summed E-state index contributed by atoms with van der Waals surface area (Å²) in [7, 11) is 3.35. The van der Waals surface area contributed by atoms with Gasteiger partial charge in [-0.1, -0.05) is 0 Å². The van der Waals surface area contributed by atoms with Crippen LogP contribution < -0.4 is 10.1 Å². The van der Waals surface area contributed by atoms with E-state index in [2.05, 4.69) is 30.5 Å². The fourth-order valence-corrected chi connectivity index (χ4v) is 3.23. The van der Waals surface area contributed by atoms with E-state index in [0.717, 1.165) is 21.5 Å². The number of hydrogen-bond donors (Lipinski definition) is 1. The lowest BCUT2D eigenvalue weighted by molar-refractivity contribution is 0.142. The number of nitrogens with one attached hydrogen (secondary N) is 1. The highest BCUT2D eigenvalue weighted by molar-refractivity contribution is 5.71. The fourth-order valence-electron chi connectivity index (χ4n) is 3.23. The number of nitrogens with zero attached hydrogens (tertiary/aromatic N) is 7. The zero-order valence-corrected chi connectivity index (χ0v) is 17.3. The summed E-state index contributed by atoms with van der Waals surface area (Å²) in [5, 5.41) is 11.9.